The number of halogens is 4. The molecule has 0 saturated heterocycles. The average molecular weight is 389 g/mol. The summed E-state index contributed by atoms with van der Waals surface area (Å²) in [5.41, 5.74) is 5.92. The first-order valence-electron chi connectivity index (χ1n) is 7.44. The van der Waals surface area contributed by atoms with Crippen molar-refractivity contribution >= 4 is 29.3 Å². The number of pyridine rings is 1. The SMILES string of the molecule is Cc1cc(C(N)=O)ncc1C(SCCCCl)c1c(F)ccc(F)c1F. The normalized spacial score (nSPS) is 12.2. The lowest BCUT2D eigenvalue weighted by atomic mass is 10.00. The van der Waals surface area contributed by atoms with E-state index in [2.05, 4.69) is 4.98 Å². The monoisotopic (exact) mass is 388 g/mol. The molecule has 0 saturated carbocycles. The number of hydrogen-bond donors (Lipinski definition) is 1. The standard InChI is InChI=1S/C17H16ClF3N2OS/c1-9-7-13(17(22)24)23-8-10(9)16(25-6-2-5-18)14-11(19)3-4-12(20)15(14)21/h3-4,7-8,16H,2,5-6H2,1H3,(H2,22,24). The second-order valence-corrected chi connectivity index (χ2v) is 6.93. The quantitative estimate of drug-likeness (QED) is 0.435. The van der Waals surface area contributed by atoms with E-state index in [1.165, 1.54) is 24.0 Å². The molecule has 1 heterocycles. The Morgan fingerprint density at radius 2 is 2.00 bits per heavy atom. The Kier molecular flexibility index (Phi) is 6.72. The number of nitrogens with two attached hydrogens (primary N) is 1. The van der Waals surface area contributed by atoms with Gasteiger partial charge in [-0.25, -0.2) is 13.2 Å². The molecule has 2 rings (SSSR count). The molecular formula is C17H16ClF3N2OS. The van der Waals surface area contributed by atoms with Crippen LogP contribution in [0.5, 0.6) is 0 Å². The highest BCUT2D eigenvalue weighted by Gasteiger charge is 2.26. The number of hydrogen-bond acceptors (Lipinski definition) is 3. The molecule has 1 unspecified atom stereocenters. The fourth-order valence-corrected chi connectivity index (χ4v) is 3.99. The van der Waals surface area contributed by atoms with Crippen LogP contribution in [0.15, 0.2) is 24.4 Å². The molecule has 0 spiro atoms. The van der Waals surface area contributed by atoms with E-state index in [4.69, 9.17) is 17.3 Å². The highest BCUT2D eigenvalue weighted by molar-refractivity contribution is 7.99. The van der Waals surface area contributed by atoms with Gasteiger partial charge in [0.25, 0.3) is 5.91 Å². The van der Waals surface area contributed by atoms with Gasteiger partial charge in [-0.05, 0) is 48.4 Å². The molecular weight excluding hydrogens is 373 g/mol. The number of amides is 1. The third-order valence-corrected chi connectivity index (χ3v) is 5.20. The molecule has 1 atom stereocenters. The molecule has 0 aliphatic carbocycles. The van der Waals surface area contributed by atoms with Gasteiger partial charge in [0.2, 0.25) is 0 Å². The molecule has 0 fully saturated rings. The van der Waals surface area contributed by atoms with Crippen LogP contribution in [0.1, 0.15) is 38.8 Å². The molecule has 0 aliphatic rings. The van der Waals surface area contributed by atoms with Crippen molar-refractivity contribution in [3.63, 3.8) is 0 Å². The third kappa shape index (κ3) is 4.46. The molecule has 1 amide bonds. The maximum Gasteiger partial charge on any atom is 0.267 e. The van der Waals surface area contributed by atoms with Crippen LogP contribution in [-0.4, -0.2) is 22.5 Å². The zero-order valence-corrected chi connectivity index (χ0v) is 14.9. The summed E-state index contributed by atoms with van der Waals surface area (Å²) in [7, 11) is 0. The highest BCUT2D eigenvalue weighted by Crippen LogP contribution is 2.40. The summed E-state index contributed by atoms with van der Waals surface area (Å²) in [6, 6.07) is 3.08. The van der Waals surface area contributed by atoms with Gasteiger partial charge in [0.15, 0.2) is 11.6 Å². The molecule has 8 heteroatoms. The minimum atomic E-state index is -1.23. The lowest BCUT2D eigenvalue weighted by Gasteiger charge is -2.21. The van der Waals surface area contributed by atoms with Gasteiger partial charge in [0, 0.05) is 17.6 Å². The lowest BCUT2D eigenvalue weighted by Crippen LogP contribution is -2.15. The Bertz CT molecular complexity index is 789. The van der Waals surface area contributed by atoms with Crippen molar-refractivity contribution in [1.82, 2.24) is 4.98 Å². The minimum Gasteiger partial charge on any atom is -0.364 e. The van der Waals surface area contributed by atoms with E-state index in [0.29, 0.717) is 29.2 Å². The van der Waals surface area contributed by atoms with Gasteiger partial charge in [0.05, 0.1) is 5.25 Å². The number of nitrogens with zero attached hydrogens (tertiary/aromatic N) is 1. The van der Waals surface area contributed by atoms with Crippen LogP contribution in [-0.2, 0) is 0 Å². The van der Waals surface area contributed by atoms with Crippen LogP contribution in [0, 0.1) is 24.4 Å². The molecule has 2 aromatic rings. The van der Waals surface area contributed by atoms with E-state index in [9.17, 15) is 18.0 Å². The number of aryl methyl sites for hydroxylation is 1. The van der Waals surface area contributed by atoms with Crippen LogP contribution in [0.25, 0.3) is 0 Å². The van der Waals surface area contributed by atoms with Gasteiger partial charge >= 0.3 is 0 Å². The largest absolute Gasteiger partial charge is 0.364 e. The number of primary amides is 1. The highest BCUT2D eigenvalue weighted by atomic mass is 35.5. The van der Waals surface area contributed by atoms with Crippen molar-refractivity contribution in [3.8, 4) is 0 Å². The predicted molar refractivity (Wildman–Crippen MR) is 93.4 cm³/mol. The van der Waals surface area contributed by atoms with Gasteiger partial charge in [0.1, 0.15) is 11.5 Å². The fourth-order valence-electron chi connectivity index (χ4n) is 2.34. The number of carbonyl (C=O) groups is 1. The molecule has 1 aromatic heterocycles. The van der Waals surface area contributed by atoms with Crippen LogP contribution in [0.4, 0.5) is 13.2 Å². The van der Waals surface area contributed by atoms with Gasteiger partial charge in [-0.3, -0.25) is 9.78 Å². The zero-order valence-electron chi connectivity index (χ0n) is 13.4. The van der Waals surface area contributed by atoms with Crippen molar-refractivity contribution in [2.75, 3.05) is 11.6 Å². The van der Waals surface area contributed by atoms with Crippen molar-refractivity contribution in [2.45, 2.75) is 18.6 Å². The van der Waals surface area contributed by atoms with Crippen molar-refractivity contribution in [2.24, 2.45) is 5.73 Å². The van der Waals surface area contributed by atoms with Crippen molar-refractivity contribution < 1.29 is 18.0 Å². The molecule has 134 valence electrons. The molecule has 0 aliphatic heterocycles. The minimum absolute atomic E-state index is 0.0472. The second kappa shape index (κ2) is 8.58. The van der Waals surface area contributed by atoms with E-state index in [1.807, 2.05) is 0 Å². The first kappa shape index (κ1) is 19.6. The van der Waals surface area contributed by atoms with E-state index < -0.39 is 28.6 Å². The molecule has 25 heavy (non-hydrogen) atoms. The number of thioether (sulfide) groups is 1. The molecule has 3 nitrogen and oxygen atoms in total. The summed E-state index contributed by atoms with van der Waals surface area (Å²) in [5, 5.41) is -0.826. The van der Waals surface area contributed by atoms with Gasteiger partial charge in [-0.2, -0.15) is 0 Å². The van der Waals surface area contributed by atoms with Gasteiger partial charge in [-0.15, -0.1) is 23.4 Å². The smallest absolute Gasteiger partial charge is 0.267 e. The van der Waals surface area contributed by atoms with Crippen LogP contribution < -0.4 is 5.73 Å². The Balaban J connectivity index is 2.54. The number of carbonyl (C=O) groups excluding carboxylic acids is 1. The Hall–Kier alpha value is -1.73. The third-order valence-electron chi connectivity index (χ3n) is 3.59. The number of rotatable bonds is 7. The Morgan fingerprint density at radius 1 is 1.32 bits per heavy atom. The maximum absolute atomic E-state index is 14.3. The van der Waals surface area contributed by atoms with Gasteiger partial charge < -0.3 is 5.73 Å². The second-order valence-electron chi connectivity index (χ2n) is 5.34. The number of alkyl halides is 1. The summed E-state index contributed by atoms with van der Waals surface area (Å²) < 4.78 is 42.2. The molecule has 1 aromatic carbocycles. The van der Waals surface area contributed by atoms with E-state index >= 15 is 0 Å². The maximum atomic E-state index is 14.3. The number of benzene rings is 1. The van der Waals surface area contributed by atoms with Crippen LogP contribution in [0.3, 0.4) is 0 Å². The van der Waals surface area contributed by atoms with Crippen molar-refractivity contribution in [3.05, 3.63) is 64.2 Å². The predicted octanol–water partition coefficient (Wildman–Crippen LogP) is 4.36. The van der Waals surface area contributed by atoms with E-state index in [-0.39, 0.29) is 11.3 Å². The first-order chi connectivity index (χ1) is 11.9. The first-order valence-corrected chi connectivity index (χ1v) is 9.02. The lowest BCUT2D eigenvalue weighted by molar-refractivity contribution is 0.0995. The van der Waals surface area contributed by atoms with Crippen LogP contribution in [0.2, 0.25) is 0 Å². The molecule has 2 N–H and O–H groups in total. The van der Waals surface area contributed by atoms with Crippen molar-refractivity contribution in [1.29, 1.82) is 0 Å². The number of aromatic nitrogens is 1. The topological polar surface area (TPSA) is 56.0 Å². The fraction of sp³-hybridized carbons (Fsp3) is 0.294. The Labute approximate surface area is 152 Å². The molecule has 0 radical (unpaired) electrons. The summed E-state index contributed by atoms with van der Waals surface area (Å²) in [5.74, 6) is -3.00. The van der Waals surface area contributed by atoms with Crippen LogP contribution >= 0.6 is 23.4 Å². The zero-order chi connectivity index (χ0) is 18.6. The summed E-state index contributed by atoms with van der Waals surface area (Å²) >= 11 is 6.90. The summed E-state index contributed by atoms with van der Waals surface area (Å²) in [6.45, 7) is 1.67. The van der Waals surface area contributed by atoms with E-state index in [0.717, 1.165) is 12.1 Å². The summed E-state index contributed by atoms with van der Waals surface area (Å²) in [6.07, 6.45) is 1.96. The average Bonchev–Trinajstić information content (AvgIpc) is 2.57. The summed E-state index contributed by atoms with van der Waals surface area (Å²) in [4.78, 5) is 15.2. The Morgan fingerprint density at radius 3 is 2.60 bits per heavy atom. The molecule has 0 bridgehead atoms. The van der Waals surface area contributed by atoms with Gasteiger partial charge in [-0.1, -0.05) is 0 Å². The van der Waals surface area contributed by atoms with E-state index in [1.54, 1.807) is 6.92 Å².